The maximum Gasteiger partial charge on any atom is 0.143 e. The summed E-state index contributed by atoms with van der Waals surface area (Å²) in [5.41, 5.74) is 3.32. The predicted molar refractivity (Wildman–Crippen MR) is 69.9 cm³/mol. The van der Waals surface area contributed by atoms with E-state index in [-0.39, 0.29) is 5.75 Å². The zero-order chi connectivity index (χ0) is 12.5. The summed E-state index contributed by atoms with van der Waals surface area (Å²) in [5, 5.41) is 18.7. The lowest BCUT2D eigenvalue weighted by atomic mass is 10.1. The first-order valence-electron chi connectivity index (χ1n) is 5.92. The van der Waals surface area contributed by atoms with Gasteiger partial charge in [-0.25, -0.2) is 0 Å². The fraction of sp³-hybridized carbons (Fsp3) is 0.143. The third-order valence-corrected chi connectivity index (χ3v) is 2.95. The van der Waals surface area contributed by atoms with E-state index in [0.29, 0.717) is 5.69 Å². The summed E-state index contributed by atoms with van der Waals surface area (Å²) in [6.07, 6.45) is 0.891. The van der Waals surface area contributed by atoms with E-state index in [1.807, 2.05) is 36.4 Å². The summed E-state index contributed by atoms with van der Waals surface area (Å²) in [5.74, 6) is 0.203. The zero-order valence-electron chi connectivity index (χ0n) is 10.0. The molecule has 0 spiro atoms. The van der Waals surface area contributed by atoms with Crippen LogP contribution in [0, 0.1) is 0 Å². The molecule has 0 aliphatic carbocycles. The molecule has 0 amide bonds. The highest BCUT2D eigenvalue weighted by molar-refractivity contribution is 5.73. The fourth-order valence-corrected chi connectivity index (χ4v) is 1.93. The zero-order valence-corrected chi connectivity index (χ0v) is 10.0. The van der Waals surface area contributed by atoms with Crippen LogP contribution in [0.25, 0.3) is 16.7 Å². The highest BCUT2D eigenvalue weighted by Gasteiger charge is 2.08. The maximum absolute atomic E-state index is 10.0. The molecule has 90 valence electrons. The van der Waals surface area contributed by atoms with Gasteiger partial charge in [-0.2, -0.15) is 0 Å². The lowest BCUT2D eigenvalue weighted by molar-refractivity contribution is 0.467. The number of benzene rings is 2. The summed E-state index contributed by atoms with van der Waals surface area (Å²) < 4.78 is 0. The van der Waals surface area contributed by atoms with Gasteiger partial charge in [-0.3, -0.25) is 0 Å². The SMILES string of the molecule is CCc1ccc(-n2nc3ccccc3n2)c(O)c1. The maximum atomic E-state index is 10.0. The van der Waals surface area contributed by atoms with Gasteiger partial charge in [0.25, 0.3) is 0 Å². The number of nitrogens with zero attached hydrogens (tertiary/aromatic N) is 3. The second-order valence-electron chi connectivity index (χ2n) is 4.15. The van der Waals surface area contributed by atoms with Gasteiger partial charge in [0.15, 0.2) is 0 Å². The molecule has 3 aromatic rings. The number of rotatable bonds is 2. The summed E-state index contributed by atoms with van der Waals surface area (Å²) in [7, 11) is 0. The van der Waals surface area contributed by atoms with Crippen molar-refractivity contribution in [1.29, 1.82) is 0 Å². The predicted octanol–water partition coefficient (Wildman–Crippen LogP) is 2.69. The van der Waals surface area contributed by atoms with Crippen LogP contribution in [0.5, 0.6) is 5.75 Å². The summed E-state index contributed by atoms with van der Waals surface area (Å²) >= 11 is 0. The minimum atomic E-state index is 0.203. The Bertz CT molecular complexity index is 670. The van der Waals surface area contributed by atoms with E-state index in [4.69, 9.17) is 0 Å². The van der Waals surface area contributed by atoms with Crippen molar-refractivity contribution >= 4 is 11.0 Å². The number of aromatic nitrogens is 3. The van der Waals surface area contributed by atoms with E-state index >= 15 is 0 Å². The largest absolute Gasteiger partial charge is 0.506 e. The first-order valence-corrected chi connectivity index (χ1v) is 5.92. The van der Waals surface area contributed by atoms with E-state index in [1.165, 1.54) is 4.80 Å². The summed E-state index contributed by atoms with van der Waals surface area (Å²) in [4.78, 5) is 1.47. The van der Waals surface area contributed by atoms with Crippen LogP contribution in [0.2, 0.25) is 0 Å². The molecule has 0 saturated carbocycles. The first kappa shape index (κ1) is 10.8. The molecule has 0 saturated heterocycles. The Balaban J connectivity index is 2.14. The molecule has 2 aromatic carbocycles. The van der Waals surface area contributed by atoms with Crippen LogP contribution in [0.1, 0.15) is 12.5 Å². The number of phenols is 1. The smallest absolute Gasteiger partial charge is 0.143 e. The Kier molecular flexibility index (Phi) is 2.48. The monoisotopic (exact) mass is 239 g/mol. The molecular weight excluding hydrogens is 226 g/mol. The Morgan fingerprint density at radius 1 is 1.06 bits per heavy atom. The van der Waals surface area contributed by atoms with E-state index < -0.39 is 0 Å². The van der Waals surface area contributed by atoms with Gasteiger partial charge in [0.2, 0.25) is 0 Å². The van der Waals surface area contributed by atoms with E-state index in [9.17, 15) is 5.11 Å². The number of hydrogen-bond donors (Lipinski definition) is 1. The molecule has 0 aliphatic rings. The highest BCUT2D eigenvalue weighted by Crippen LogP contribution is 2.23. The van der Waals surface area contributed by atoms with Crippen molar-refractivity contribution in [2.45, 2.75) is 13.3 Å². The number of fused-ring (bicyclic) bond motifs is 1. The Morgan fingerprint density at radius 3 is 2.28 bits per heavy atom. The van der Waals surface area contributed by atoms with Gasteiger partial charge in [0.1, 0.15) is 22.5 Å². The van der Waals surface area contributed by atoms with Crippen molar-refractivity contribution in [1.82, 2.24) is 15.0 Å². The van der Waals surface area contributed by atoms with Gasteiger partial charge >= 0.3 is 0 Å². The van der Waals surface area contributed by atoms with E-state index in [2.05, 4.69) is 17.1 Å². The summed E-state index contributed by atoms with van der Waals surface area (Å²) in [6.45, 7) is 2.05. The summed E-state index contributed by atoms with van der Waals surface area (Å²) in [6, 6.07) is 13.2. The first-order chi connectivity index (χ1) is 8.78. The standard InChI is InChI=1S/C14H13N3O/c1-2-10-7-8-13(14(18)9-10)17-15-11-5-3-4-6-12(11)16-17/h3-9,18H,2H2,1H3. The molecule has 0 unspecified atom stereocenters. The minimum absolute atomic E-state index is 0.203. The van der Waals surface area contributed by atoms with Crippen LogP contribution < -0.4 is 0 Å². The minimum Gasteiger partial charge on any atom is -0.506 e. The molecule has 1 N–H and O–H groups in total. The molecule has 0 bridgehead atoms. The molecule has 18 heavy (non-hydrogen) atoms. The number of hydrogen-bond acceptors (Lipinski definition) is 3. The Labute approximate surface area is 104 Å². The highest BCUT2D eigenvalue weighted by atomic mass is 16.3. The molecule has 1 aromatic heterocycles. The van der Waals surface area contributed by atoms with Crippen LogP contribution in [0.15, 0.2) is 42.5 Å². The van der Waals surface area contributed by atoms with E-state index in [1.54, 1.807) is 6.07 Å². The molecule has 1 heterocycles. The average Bonchev–Trinajstić information content (AvgIpc) is 2.81. The Hall–Kier alpha value is -2.36. The van der Waals surface area contributed by atoms with Crippen LogP contribution >= 0.6 is 0 Å². The quantitative estimate of drug-likeness (QED) is 0.748. The second kappa shape index (κ2) is 4.14. The van der Waals surface area contributed by atoms with Gasteiger partial charge in [0, 0.05) is 0 Å². The molecule has 0 atom stereocenters. The molecule has 0 aliphatic heterocycles. The van der Waals surface area contributed by atoms with Crippen molar-refractivity contribution in [2.24, 2.45) is 0 Å². The van der Waals surface area contributed by atoms with Crippen molar-refractivity contribution in [3.63, 3.8) is 0 Å². The molecular formula is C14H13N3O. The van der Waals surface area contributed by atoms with Crippen LogP contribution in [0.4, 0.5) is 0 Å². The van der Waals surface area contributed by atoms with Crippen LogP contribution in [-0.2, 0) is 6.42 Å². The van der Waals surface area contributed by atoms with Gasteiger partial charge < -0.3 is 5.11 Å². The van der Waals surface area contributed by atoms with E-state index in [0.717, 1.165) is 23.0 Å². The van der Waals surface area contributed by atoms with Gasteiger partial charge in [0.05, 0.1) is 0 Å². The molecule has 3 rings (SSSR count). The average molecular weight is 239 g/mol. The normalized spacial score (nSPS) is 10.9. The number of aryl methyl sites for hydroxylation is 1. The molecule has 4 heteroatoms. The van der Waals surface area contributed by atoms with Crippen molar-refractivity contribution in [2.75, 3.05) is 0 Å². The van der Waals surface area contributed by atoms with Crippen molar-refractivity contribution < 1.29 is 5.11 Å². The third-order valence-electron chi connectivity index (χ3n) is 2.95. The van der Waals surface area contributed by atoms with Crippen LogP contribution in [0.3, 0.4) is 0 Å². The molecule has 0 fully saturated rings. The molecule has 4 nitrogen and oxygen atoms in total. The topological polar surface area (TPSA) is 50.9 Å². The number of phenolic OH excluding ortho intramolecular Hbond substituents is 1. The van der Waals surface area contributed by atoms with Gasteiger partial charge in [-0.1, -0.05) is 25.1 Å². The second-order valence-corrected chi connectivity index (χ2v) is 4.15. The van der Waals surface area contributed by atoms with Gasteiger partial charge in [-0.15, -0.1) is 15.0 Å². The van der Waals surface area contributed by atoms with Crippen molar-refractivity contribution in [3.05, 3.63) is 48.0 Å². The van der Waals surface area contributed by atoms with Crippen molar-refractivity contribution in [3.8, 4) is 11.4 Å². The lowest BCUT2D eigenvalue weighted by Crippen LogP contribution is -1.99. The fourth-order valence-electron chi connectivity index (χ4n) is 1.93. The number of aromatic hydroxyl groups is 1. The van der Waals surface area contributed by atoms with Gasteiger partial charge in [-0.05, 0) is 36.2 Å². The third kappa shape index (κ3) is 1.72. The Morgan fingerprint density at radius 2 is 1.72 bits per heavy atom. The van der Waals surface area contributed by atoms with Crippen LogP contribution in [-0.4, -0.2) is 20.1 Å². The lowest BCUT2D eigenvalue weighted by Gasteiger charge is -2.04. The molecule has 0 radical (unpaired) electrons.